The molecular weight excluding hydrogens is 270 g/mol. The summed E-state index contributed by atoms with van der Waals surface area (Å²) in [5.41, 5.74) is 0.546. The molecular formula is C16H23NO4. The lowest BCUT2D eigenvalue weighted by Crippen LogP contribution is -2.25. The predicted octanol–water partition coefficient (Wildman–Crippen LogP) is 2.55. The van der Waals surface area contributed by atoms with Gasteiger partial charge in [-0.25, -0.2) is 0 Å². The highest BCUT2D eigenvalue weighted by Crippen LogP contribution is 2.14. The molecule has 1 amide bonds. The van der Waals surface area contributed by atoms with Crippen molar-refractivity contribution in [3.63, 3.8) is 0 Å². The number of nitrogens with one attached hydrogen (secondary N) is 1. The summed E-state index contributed by atoms with van der Waals surface area (Å²) in [4.78, 5) is 23.1. The third kappa shape index (κ3) is 6.79. The minimum Gasteiger partial charge on any atom is -0.491 e. The van der Waals surface area contributed by atoms with Crippen LogP contribution in [0.2, 0.25) is 0 Å². The summed E-state index contributed by atoms with van der Waals surface area (Å²) in [5.74, 6) is 0.260. The Morgan fingerprint density at radius 1 is 1.29 bits per heavy atom. The SMILES string of the molecule is CCOC(=O)CCCNC(=O)c1cccc(OC(C)C)c1. The van der Waals surface area contributed by atoms with E-state index < -0.39 is 0 Å². The molecule has 0 aliphatic rings. The van der Waals surface area contributed by atoms with E-state index in [1.54, 1.807) is 25.1 Å². The molecule has 0 aliphatic carbocycles. The summed E-state index contributed by atoms with van der Waals surface area (Å²) >= 11 is 0. The molecule has 0 fully saturated rings. The van der Waals surface area contributed by atoms with Crippen LogP contribution in [0.25, 0.3) is 0 Å². The van der Waals surface area contributed by atoms with Gasteiger partial charge in [0.25, 0.3) is 5.91 Å². The van der Waals surface area contributed by atoms with E-state index in [0.29, 0.717) is 37.3 Å². The number of esters is 1. The number of ether oxygens (including phenoxy) is 2. The Morgan fingerprint density at radius 2 is 2.05 bits per heavy atom. The maximum atomic E-state index is 12.0. The zero-order valence-electron chi connectivity index (χ0n) is 12.8. The number of hydrogen-bond donors (Lipinski definition) is 1. The maximum Gasteiger partial charge on any atom is 0.305 e. The van der Waals surface area contributed by atoms with Gasteiger partial charge in [-0.15, -0.1) is 0 Å². The van der Waals surface area contributed by atoms with E-state index in [2.05, 4.69) is 5.32 Å². The Morgan fingerprint density at radius 3 is 2.71 bits per heavy atom. The molecule has 0 unspecified atom stereocenters. The first kappa shape index (κ1) is 17.0. The zero-order chi connectivity index (χ0) is 15.7. The van der Waals surface area contributed by atoms with Crippen LogP contribution >= 0.6 is 0 Å². The second-order valence-electron chi connectivity index (χ2n) is 4.86. The third-order valence-corrected chi connectivity index (χ3v) is 2.62. The highest BCUT2D eigenvalue weighted by Gasteiger charge is 2.08. The molecule has 21 heavy (non-hydrogen) atoms. The largest absolute Gasteiger partial charge is 0.491 e. The maximum absolute atomic E-state index is 12.0. The van der Waals surface area contributed by atoms with E-state index in [1.807, 2.05) is 19.9 Å². The predicted molar refractivity (Wildman–Crippen MR) is 80.4 cm³/mol. The van der Waals surface area contributed by atoms with Crippen LogP contribution in [0.5, 0.6) is 5.75 Å². The van der Waals surface area contributed by atoms with Crippen molar-refractivity contribution in [3.8, 4) is 5.75 Å². The number of carbonyl (C=O) groups excluding carboxylic acids is 2. The van der Waals surface area contributed by atoms with Gasteiger partial charge in [-0.05, 0) is 45.4 Å². The Balaban J connectivity index is 2.40. The van der Waals surface area contributed by atoms with E-state index in [-0.39, 0.29) is 18.0 Å². The number of carbonyl (C=O) groups is 2. The van der Waals surface area contributed by atoms with Gasteiger partial charge >= 0.3 is 5.97 Å². The Hall–Kier alpha value is -2.04. The smallest absolute Gasteiger partial charge is 0.305 e. The fraction of sp³-hybridized carbons (Fsp3) is 0.500. The van der Waals surface area contributed by atoms with Gasteiger partial charge in [0.15, 0.2) is 0 Å². The van der Waals surface area contributed by atoms with Gasteiger partial charge < -0.3 is 14.8 Å². The summed E-state index contributed by atoms with van der Waals surface area (Å²) in [5, 5.41) is 2.77. The van der Waals surface area contributed by atoms with E-state index in [1.165, 1.54) is 0 Å². The van der Waals surface area contributed by atoms with Crippen molar-refractivity contribution < 1.29 is 19.1 Å². The van der Waals surface area contributed by atoms with Crippen LogP contribution in [0.3, 0.4) is 0 Å². The molecule has 0 saturated heterocycles. The second-order valence-corrected chi connectivity index (χ2v) is 4.86. The zero-order valence-corrected chi connectivity index (χ0v) is 12.8. The van der Waals surface area contributed by atoms with Crippen LogP contribution < -0.4 is 10.1 Å². The van der Waals surface area contributed by atoms with Crippen molar-refractivity contribution in [2.45, 2.75) is 39.7 Å². The monoisotopic (exact) mass is 293 g/mol. The molecule has 0 atom stereocenters. The molecule has 0 aliphatic heterocycles. The second kappa shape index (κ2) is 9.00. The molecule has 1 rings (SSSR count). The molecule has 5 nitrogen and oxygen atoms in total. The molecule has 5 heteroatoms. The Kier molecular flexibility index (Phi) is 7.29. The first-order valence-electron chi connectivity index (χ1n) is 7.23. The molecule has 0 spiro atoms. The van der Waals surface area contributed by atoms with Gasteiger partial charge in [0, 0.05) is 18.5 Å². The summed E-state index contributed by atoms with van der Waals surface area (Å²) < 4.78 is 10.4. The van der Waals surface area contributed by atoms with E-state index >= 15 is 0 Å². The van der Waals surface area contributed by atoms with Gasteiger partial charge in [0.2, 0.25) is 0 Å². The van der Waals surface area contributed by atoms with Gasteiger partial charge in [0.1, 0.15) is 5.75 Å². The fourth-order valence-electron chi connectivity index (χ4n) is 1.75. The normalized spacial score (nSPS) is 10.3. The number of benzene rings is 1. The molecule has 1 aromatic carbocycles. The van der Waals surface area contributed by atoms with Crippen molar-refractivity contribution in [3.05, 3.63) is 29.8 Å². The molecule has 0 aromatic heterocycles. The van der Waals surface area contributed by atoms with Gasteiger partial charge in [-0.2, -0.15) is 0 Å². The van der Waals surface area contributed by atoms with Crippen LogP contribution in [0.15, 0.2) is 24.3 Å². The average Bonchev–Trinajstić information content (AvgIpc) is 2.43. The molecule has 0 saturated carbocycles. The summed E-state index contributed by atoms with van der Waals surface area (Å²) in [7, 11) is 0. The molecule has 1 aromatic rings. The Bertz CT molecular complexity index is 471. The third-order valence-electron chi connectivity index (χ3n) is 2.62. The molecule has 1 N–H and O–H groups in total. The molecule has 116 valence electrons. The Labute approximate surface area is 125 Å². The van der Waals surface area contributed by atoms with Gasteiger partial charge in [0.05, 0.1) is 12.7 Å². The standard InChI is InChI=1S/C16H23NO4/c1-4-20-15(18)9-6-10-17-16(19)13-7-5-8-14(11-13)21-12(2)3/h5,7-8,11-12H,4,6,9-10H2,1-3H3,(H,17,19). The van der Waals surface area contributed by atoms with E-state index in [4.69, 9.17) is 9.47 Å². The van der Waals surface area contributed by atoms with Crippen molar-refractivity contribution in [2.24, 2.45) is 0 Å². The van der Waals surface area contributed by atoms with Crippen LogP contribution in [0.1, 0.15) is 44.0 Å². The van der Waals surface area contributed by atoms with Crippen molar-refractivity contribution in [1.82, 2.24) is 5.32 Å². The first-order chi connectivity index (χ1) is 10.0. The quantitative estimate of drug-likeness (QED) is 0.591. The van der Waals surface area contributed by atoms with Crippen molar-refractivity contribution >= 4 is 11.9 Å². The highest BCUT2D eigenvalue weighted by molar-refractivity contribution is 5.94. The number of rotatable bonds is 8. The lowest BCUT2D eigenvalue weighted by atomic mass is 10.2. The number of hydrogen-bond acceptors (Lipinski definition) is 4. The molecule has 0 bridgehead atoms. The van der Waals surface area contributed by atoms with Crippen molar-refractivity contribution in [1.29, 1.82) is 0 Å². The minimum atomic E-state index is -0.237. The van der Waals surface area contributed by atoms with Gasteiger partial charge in [-0.3, -0.25) is 9.59 Å². The van der Waals surface area contributed by atoms with Crippen LogP contribution in [-0.2, 0) is 9.53 Å². The topological polar surface area (TPSA) is 64.6 Å². The highest BCUT2D eigenvalue weighted by atomic mass is 16.5. The van der Waals surface area contributed by atoms with Crippen LogP contribution in [0.4, 0.5) is 0 Å². The number of amides is 1. The fourth-order valence-corrected chi connectivity index (χ4v) is 1.75. The average molecular weight is 293 g/mol. The summed E-state index contributed by atoms with van der Waals surface area (Å²) in [6.07, 6.45) is 0.935. The van der Waals surface area contributed by atoms with E-state index in [9.17, 15) is 9.59 Å². The van der Waals surface area contributed by atoms with Gasteiger partial charge in [-0.1, -0.05) is 6.07 Å². The molecule has 0 heterocycles. The lowest BCUT2D eigenvalue weighted by molar-refractivity contribution is -0.143. The molecule has 0 radical (unpaired) electrons. The van der Waals surface area contributed by atoms with Crippen LogP contribution in [0, 0.1) is 0 Å². The summed E-state index contributed by atoms with van der Waals surface area (Å²) in [6, 6.07) is 7.04. The van der Waals surface area contributed by atoms with Crippen LogP contribution in [-0.4, -0.2) is 31.1 Å². The lowest BCUT2D eigenvalue weighted by Gasteiger charge is -2.11. The minimum absolute atomic E-state index is 0.0629. The summed E-state index contributed by atoms with van der Waals surface area (Å²) in [6.45, 7) is 6.46. The first-order valence-corrected chi connectivity index (χ1v) is 7.23. The van der Waals surface area contributed by atoms with E-state index in [0.717, 1.165) is 0 Å². The van der Waals surface area contributed by atoms with Crippen molar-refractivity contribution in [2.75, 3.05) is 13.2 Å².